The zero-order chi connectivity index (χ0) is 21.4. The number of anilines is 1. The van der Waals surface area contributed by atoms with E-state index in [1.165, 1.54) is 9.80 Å². The van der Waals surface area contributed by atoms with Gasteiger partial charge in [0.15, 0.2) is 0 Å². The summed E-state index contributed by atoms with van der Waals surface area (Å²) in [6.07, 6.45) is 3.22. The van der Waals surface area contributed by atoms with Gasteiger partial charge in [-0.05, 0) is 31.0 Å². The van der Waals surface area contributed by atoms with Crippen LogP contribution in [0.2, 0.25) is 5.02 Å². The van der Waals surface area contributed by atoms with Crippen LogP contribution in [0.25, 0.3) is 0 Å². The van der Waals surface area contributed by atoms with Gasteiger partial charge in [-0.2, -0.15) is 0 Å². The fraction of sp³-hybridized carbons (Fsp3) is 0.571. The third-order valence-corrected chi connectivity index (χ3v) is 5.47. The van der Waals surface area contributed by atoms with Gasteiger partial charge in [0.05, 0.1) is 13.2 Å². The van der Waals surface area contributed by atoms with Crippen molar-refractivity contribution in [1.82, 2.24) is 9.80 Å². The normalized spacial score (nSPS) is 13.9. The molecule has 0 spiro atoms. The van der Waals surface area contributed by atoms with Crippen molar-refractivity contribution in [1.29, 1.82) is 0 Å². The third kappa shape index (κ3) is 6.18. The molecule has 0 aromatic heterocycles. The van der Waals surface area contributed by atoms with Crippen LogP contribution in [0.3, 0.4) is 0 Å². The van der Waals surface area contributed by atoms with Crippen LogP contribution in [0.1, 0.15) is 38.2 Å². The maximum absolute atomic E-state index is 12.8. The van der Waals surface area contributed by atoms with Crippen LogP contribution in [-0.4, -0.2) is 67.5 Å². The standard InChI is InChI=1S/C21H30ClN3O4/c1-4-5-6-10-19(26)23(11-12-29-3)13-20(27)24-14-21(28)25(15-24)18-9-7-8-17(22)16(18)2/h7-9H,4-6,10-15H2,1-3H3. The molecule has 160 valence electrons. The molecule has 1 saturated heterocycles. The van der Waals surface area contributed by atoms with Crippen molar-refractivity contribution in [3.63, 3.8) is 0 Å². The number of amides is 3. The molecule has 8 heteroatoms. The minimum atomic E-state index is -0.250. The molecule has 0 saturated carbocycles. The number of nitrogens with zero attached hydrogens (tertiary/aromatic N) is 3. The first-order valence-electron chi connectivity index (χ1n) is 9.99. The van der Waals surface area contributed by atoms with Crippen molar-refractivity contribution in [2.45, 2.75) is 39.5 Å². The van der Waals surface area contributed by atoms with Crippen LogP contribution in [0, 0.1) is 6.92 Å². The molecule has 0 atom stereocenters. The molecule has 1 aromatic carbocycles. The summed E-state index contributed by atoms with van der Waals surface area (Å²) in [5.41, 5.74) is 1.49. The fourth-order valence-corrected chi connectivity index (χ4v) is 3.42. The quantitative estimate of drug-likeness (QED) is 0.542. The largest absolute Gasteiger partial charge is 0.383 e. The molecule has 0 radical (unpaired) electrons. The van der Waals surface area contributed by atoms with Crippen molar-refractivity contribution in [2.24, 2.45) is 0 Å². The number of carbonyl (C=O) groups is 3. The number of ether oxygens (including phenoxy) is 1. The maximum atomic E-state index is 12.8. The Bertz CT molecular complexity index is 741. The average Bonchev–Trinajstić information content (AvgIpc) is 3.08. The van der Waals surface area contributed by atoms with E-state index >= 15 is 0 Å². The van der Waals surface area contributed by atoms with Gasteiger partial charge in [-0.3, -0.25) is 19.3 Å². The van der Waals surface area contributed by atoms with Crippen molar-refractivity contribution in [3.8, 4) is 0 Å². The Morgan fingerprint density at radius 1 is 1.28 bits per heavy atom. The highest BCUT2D eigenvalue weighted by Crippen LogP contribution is 2.28. The summed E-state index contributed by atoms with van der Waals surface area (Å²) < 4.78 is 5.08. The van der Waals surface area contributed by atoms with Crippen molar-refractivity contribution in [3.05, 3.63) is 28.8 Å². The lowest BCUT2D eigenvalue weighted by Gasteiger charge is -2.25. The molecule has 7 nitrogen and oxygen atoms in total. The Balaban J connectivity index is 2.03. The fourth-order valence-electron chi connectivity index (χ4n) is 3.26. The Morgan fingerprint density at radius 2 is 2.03 bits per heavy atom. The Kier molecular flexibility index (Phi) is 8.92. The number of unbranched alkanes of at least 4 members (excludes halogenated alkanes) is 2. The Morgan fingerprint density at radius 3 is 2.72 bits per heavy atom. The lowest BCUT2D eigenvalue weighted by Crippen LogP contribution is -2.44. The molecule has 3 amide bonds. The summed E-state index contributed by atoms with van der Waals surface area (Å²) in [7, 11) is 1.56. The average molecular weight is 424 g/mol. The first kappa shape index (κ1) is 23.2. The highest BCUT2D eigenvalue weighted by molar-refractivity contribution is 6.31. The van der Waals surface area contributed by atoms with Gasteiger partial charge in [0.1, 0.15) is 13.2 Å². The van der Waals surface area contributed by atoms with E-state index in [1.54, 1.807) is 24.1 Å². The first-order chi connectivity index (χ1) is 13.9. The van der Waals surface area contributed by atoms with Gasteiger partial charge in [0, 0.05) is 30.8 Å². The van der Waals surface area contributed by atoms with Crippen LogP contribution < -0.4 is 4.90 Å². The van der Waals surface area contributed by atoms with Crippen LogP contribution in [0.15, 0.2) is 18.2 Å². The van der Waals surface area contributed by atoms with Crippen molar-refractivity contribution in [2.75, 3.05) is 44.9 Å². The lowest BCUT2D eigenvalue weighted by atomic mass is 10.2. The molecule has 2 rings (SSSR count). The molecule has 1 heterocycles. The first-order valence-corrected chi connectivity index (χ1v) is 10.4. The SMILES string of the molecule is CCCCCC(=O)N(CCOC)CC(=O)N1CC(=O)N(c2cccc(Cl)c2C)C1. The predicted octanol–water partition coefficient (Wildman–Crippen LogP) is 2.84. The Labute approximate surface area is 177 Å². The number of carbonyl (C=O) groups excluding carboxylic acids is 3. The van der Waals surface area contributed by atoms with Crippen LogP contribution in [-0.2, 0) is 19.1 Å². The van der Waals surface area contributed by atoms with E-state index in [4.69, 9.17) is 16.3 Å². The second-order valence-corrected chi connectivity index (χ2v) is 7.61. The summed E-state index contributed by atoms with van der Waals surface area (Å²) >= 11 is 6.17. The molecule has 0 aliphatic carbocycles. The van der Waals surface area contributed by atoms with Gasteiger partial charge in [-0.25, -0.2) is 0 Å². The zero-order valence-corrected chi connectivity index (χ0v) is 18.2. The number of halogens is 1. The van der Waals surface area contributed by atoms with E-state index in [9.17, 15) is 14.4 Å². The number of benzene rings is 1. The third-order valence-electron chi connectivity index (χ3n) is 5.06. The molecule has 1 aromatic rings. The lowest BCUT2D eigenvalue weighted by molar-refractivity contribution is -0.140. The van der Waals surface area contributed by atoms with Crippen LogP contribution in [0.4, 0.5) is 5.69 Å². The van der Waals surface area contributed by atoms with E-state index in [2.05, 4.69) is 6.92 Å². The van der Waals surface area contributed by atoms with Gasteiger partial charge >= 0.3 is 0 Å². The van der Waals surface area contributed by atoms with E-state index in [0.717, 1.165) is 24.8 Å². The highest BCUT2D eigenvalue weighted by atomic mass is 35.5. The molecule has 1 aliphatic rings. The van der Waals surface area contributed by atoms with E-state index in [0.29, 0.717) is 30.3 Å². The molecule has 0 N–H and O–H groups in total. The van der Waals surface area contributed by atoms with E-state index in [-0.39, 0.29) is 37.5 Å². The van der Waals surface area contributed by atoms with Gasteiger partial charge in [-0.15, -0.1) is 0 Å². The molecular formula is C21H30ClN3O4. The predicted molar refractivity (Wildman–Crippen MR) is 113 cm³/mol. The molecular weight excluding hydrogens is 394 g/mol. The minimum Gasteiger partial charge on any atom is -0.383 e. The summed E-state index contributed by atoms with van der Waals surface area (Å²) in [5, 5.41) is 0.573. The monoisotopic (exact) mass is 423 g/mol. The number of methoxy groups -OCH3 is 1. The topological polar surface area (TPSA) is 70.2 Å². The van der Waals surface area contributed by atoms with E-state index < -0.39 is 0 Å². The second kappa shape index (κ2) is 11.2. The summed E-state index contributed by atoms with van der Waals surface area (Å²) in [6.45, 7) is 4.73. The number of hydrogen-bond acceptors (Lipinski definition) is 4. The zero-order valence-electron chi connectivity index (χ0n) is 17.4. The van der Waals surface area contributed by atoms with Gasteiger partial charge in [0.25, 0.3) is 0 Å². The van der Waals surface area contributed by atoms with E-state index in [1.807, 2.05) is 13.0 Å². The van der Waals surface area contributed by atoms with Gasteiger partial charge in [0.2, 0.25) is 17.7 Å². The summed E-state index contributed by atoms with van der Waals surface area (Å²) in [6, 6.07) is 5.36. The van der Waals surface area contributed by atoms with Crippen molar-refractivity contribution < 1.29 is 19.1 Å². The molecule has 1 aliphatic heterocycles. The maximum Gasteiger partial charge on any atom is 0.248 e. The second-order valence-electron chi connectivity index (χ2n) is 7.20. The summed E-state index contributed by atoms with van der Waals surface area (Å²) in [5.74, 6) is -0.473. The molecule has 29 heavy (non-hydrogen) atoms. The van der Waals surface area contributed by atoms with Crippen LogP contribution in [0.5, 0.6) is 0 Å². The van der Waals surface area contributed by atoms with Gasteiger partial charge in [-0.1, -0.05) is 37.4 Å². The number of rotatable bonds is 10. The smallest absolute Gasteiger partial charge is 0.248 e. The Hall–Kier alpha value is -2.12. The summed E-state index contributed by atoms with van der Waals surface area (Å²) in [4.78, 5) is 42.4. The minimum absolute atomic E-state index is 0.00701. The molecule has 1 fully saturated rings. The van der Waals surface area contributed by atoms with Crippen LogP contribution >= 0.6 is 11.6 Å². The van der Waals surface area contributed by atoms with Gasteiger partial charge < -0.3 is 14.5 Å². The van der Waals surface area contributed by atoms with Crippen molar-refractivity contribution >= 4 is 35.0 Å². The molecule has 0 unspecified atom stereocenters. The number of hydrogen-bond donors (Lipinski definition) is 0. The molecule has 0 bridgehead atoms. The highest BCUT2D eigenvalue weighted by Gasteiger charge is 2.33.